The van der Waals surface area contributed by atoms with Crippen LogP contribution in [0.1, 0.15) is 26.3 Å². The van der Waals surface area contributed by atoms with Crippen LogP contribution in [0.4, 0.5) is 0 Å². The van der Waals surface area contributed by atoms with Gasteiger partial charge in [0, 0.05) is 11.6 Å². The summed E-state index contributed by atoms with van der Waals surface area (Å²) >= 11 is 0. The zero-order valence-electron chi connectivity index (χ0n) is 11.0. The maximum absolute atomic E-state index is 5.59. The fourth-order valence-electron chi connectivity index (χ4n) is 1.58. The van der Waals surface area contributed by atoms with Crippen LogP contribution in [-0.4, -0.2) is 20.3 Å². The van der Waals surface area contributed by atoms with Gasteiger partial charge in [-0.15, -0.1) is 0 Å². The summed E-state index contributed by atoms with van der Waals surface area (Å²) in [4.78, 5) is 0. The molecule has 0 radical (unpaired) electrons. The van der Waals surface area contributed by atoms with E-state index in [1.54, 1.807) is 7.11 Å². The minimum Gasteiger partial charge on any atom is -0.493 e. The molecule has 0 aliphatic rings. The highest BCUT2D eigenvalue weighted by molar-refractivity contribution is 5.70. The standard InChI is InChI=1S/C14H20O3/c1-6-16-12-9-14(17-7-2)13(15-5)8-11(12)10(3)4/h8-9H,3,6-7H2,1-2,4-5H3. The van der Waals surface area contributed by atoms with Gasteiger partial charge in [-0.2, -0.15) is 0 Å². The molecule has 1 rings (SSSR count). The van der Waals surface area contributed by atoms with Crippen molar-refractivity contribution in [2.24, 2.45) is 0 Å². The van der Waals surface area contributed by atoms with E-state index >= 15 is 0 Å². The first kappa shape index (κ1) is 13.4. The maximum Gasteiger partial charge on any atom is 0.164 e. The molecule has 0 heterocycles. The molecule has 17 heavy (non-hydrogen) atoms. The van der Waals surface area contributed by atoms with Gasteiger partial charge in [-0.05, 0) is 32.4 Å². The van der Waals surface area contributed by atoms with Crippen LogP contribution in [0.25, 0.3) is 5.57 Å². The molecule has 0 unspecified atom stereocenters. The van der Waals surface area contributed by atoms with Crippen molar-refractivity contribution in [3.05, 3.63) is 24.3 Å². The molecule has 3 nitrogen and oxygen atoms in total. The number of benzene rings is 1. The smallest absolute Gasteiger partial charge is 0.164 e. The van der Waals surface area contributed by atoms with E-state index in [9.17, 15) is 0 Å². The van der Waals surface area contributed by atoms with E-state index in [4.69, 9.17) is 14.2 Å². The Morgan fingerprint density at radius 1 is 1.06 bits per heavy atom. The highest BCUT2D eigenvalue weighted by Gasteiger charge is 2.12. The van der Waals surface area contributed by atoms with Gasteiger partial charge in [-0.1, -0.05) is 6.58 Å². The molecule has 0 bridgehead atoms. The quantitative estimate of drug-likeness (QED) is 0.756. The fraction of sp³-hybridized carbons (Fsp3) is 0.429. The summed E-state index contributed by atoms with van der Waals surface area (Å²) in [5, 5.41) is 0. The van der Waals surface area contributed by atoms with Crippen molar-refractivity contribution in [1.29, 1.82) is 0 Å². The molecule has 1 aromatic carbocycles. The fourth-order valence-corrected chi connectivity index (χ4v) is 1.58. The van der Waals surface area contributed by atoms with Crippen LogP contribution in [0.5, 0.6) is 17.2 Å². The zero-order valence-corrected chi connectivity index (χ0v) is 11.0. The van der Waals surface area contributed by atoms with Gasteiger partial charge in [-0.3, -0.25) is 0 Å². The van der Waals surface area contributed by atoms with Crippen LogP contribution >= 0.6 is 0 Å². The van der Waals surface area contributed by atoms with Crippen LogP contribution in [0.3, 0.4) is 0 Å². The molecule has 0 fully saturated rings. The second kappa shape index (κ2) is 6.18. The third-order valence-corrected chi connectivity index (χ3v) is 2.33. The average molecular weight is 236 g/mol. The van der Waals surface area contributed by atoms with E-state index in [-0.39, 0.29) is 0 Å². The van der Waals surface area contributed by atoms with Gasteiger partial charge in [0.05, 0.1) is 20.3 Å². The summed E-state index contributed by atoms with van der Waals surface area (Å²) in [7, 11) is 1.63. The molecule has 0 saturated carbocycles. The van der Waals surface area contributed by atoms with E-state index in [0.717, 1.165) is 16.9 Å². The summed E-state index contributed by atoms with van der Waals surface area (Å²) in [6.45, 7) is 11.0. The SMILES string of the molecule is C=C(C)c1cc(OC)c(OCC)cc1OCC. The van der Waals surface area contributed by atoms with Crippen molar-refractivity contribution in [2.75, 3.05) is 20.3 Å². The maximum atomic E-state index is 5.59. The summed E-state index contributed by atoms with van der Waals surface area (Å²) in [5.74, 6) is 2.18. The molecule has 0 aliphatic heterocycles. The van der Waals surface area contributed by atoms with E-state index in [1.165, 1.54) is 0 Å². The number of ether oxygens (including phenoxy) is 3. The number of methoxy groups -OCH3 is 1. The van der Waals surface area contributed by atoms with Gasteiger partial charge < -0.3 is 14.2 Å². The second-order valence-corrected chi connectivity index (χ2v) is 3.65. The normalized spacial score (nSPS) is 9.88. The van der Waals surface area contributed by atoms with Crippen LogP contribution < -0.4 is 14.2 Å². The van der Waals surface area contributed by atoms with Crippen LogP contribution in [0.2, 0.25) is 0 Å². The minimum absolute atomic E-state index is 0.592. The molecule has 0 aliphatic carbocycles. The van der Waals surface area contributed by atoms with Gasteiger partial charge in [0.15, 0.2) is 11.5 Å². The number of hydrogen-bond acceptors (Lipinski definition) is 3. The molecule has 0 saturated heterocycles. The predicted molar refractivity (Wildman–Crippen MR) is 70.0 cm³/mol. The molecule has 0 spiro atoms. The third-order valence-electron chi connectivity index (χ3n) is 2.33. The first-order valence-corrected chi connectivity index (χ1v) is 5.77. The number of allylic oxidation sites excluding steroid dienone is 1. The van der Waals surface area contributed by atoms with Crippen molar-refractivity contribution in [2.45, 2.75) is 20.8 Å². The van der Waals surface area contributed by atoms with E-state index in [2.05, 4.69) is 6.58 Å². The van der Waals surface area contributed by atoms with Crippen molar-refractivity contribution in [3.63, 3.8) is 0 Å². The molecule has 0 atom stereocenters. The molecule has 94 valence electrons. The molecule has 0 amide bonds. The lowest BCUT2D eigenvalue weighted by molar-refractivity contribution is 0.302. The number of hydrogen-bond donors (Lipinski definition) is 0. The van der Waals surface area contributed by atoms with Gasteiger partial charge in [-0.25, -0.2) is 0 Å². The Labute approximate surface area is 103 Å². The zero-order chi connectivity index (χ0) is 12.8. The van der Waals surface area contributed by atoms with Crippen LogP contribution in [0, 0.1) is 0 Å². The first-order chi connectivity index (χ1) is 8.13. The average Bonchev–Trinajstić information content (AvgIpc) is 2.30. The summed E-state index contributed by atoms with van der Waals surface area (Å²) < 4.78 is 16.4. The van der Waals surface area contributed by atoms with Crippen molar-refractivity contribution < 1.29 is 14.2 Å². The van der Waals surface area contributed by atoms with Crippen molar-refractivity contribution in [1.82, 2.24) is 0 Å². The Hall–Kier alpha value is -1.64. The largest absolute Gasteiger partial charge is 0.493 e. The number of rotatable bonds is 6. The van der Waals surface area contributed by atoms with Gasteiger partial charge >= 0.3 is 0 Å². The van der Waals surface area contributed by atoms with E-state index in [1.807, 2.05) is 32.9 Å². The molecule has 1 aromatic rings. The highest BCUT2D eigenvalue weighted by atomic mass is 16.5. The minimum atomic E-state index is 0.592. The monoisotopic (exact) mass is 236 g/mol. The van der Waals surface area contributed by atoms with E-state index in [0.29, 0.717) is 24.7 Å². The first-order valence-electron chi connectivity index (χ1n) is 5.77. The topological polar surface area (TPSA) is 27.7 Å². The molecular formula is C14H20O3. The lowest BCUT2D eigenvalue weighted by atomic mass is 10.1. The summed E-state index contributed by atoms with van der Waals surface area (Å²) in [6.07, 6.45) is 0. The third kappa shape index (κ3) is 3.16. The summed E-state index contributed by atoms with van der Waals surface area (Å²) in [6, 6.07) is 3.76. The Morgan fingerprint density at radius 3 is 2.12 bits per heavy atom. The van der Waals surface area contributed by atoms with Crippen LogP contribution in [0.15, 0.2) is 18.7 Å². The lowest BCUT2D eigenvalue weighted by Crippen LogP contribution is -2.00. The van der Waals surface area contributed by atoms with Gasteiger partial charge in [0.2, 0.25) is 0 Å². The molecule has 3 heteroatoms. The molecule has 0 aromatic heterocycles. The molecular weight excluding hydrogens is 216 g/mol. The second-order valence-electron chi connectivity index (χ2n) is 3.65. The van der Waals surface area contributed by atoms with Crippen molar-refractivity contribution in [3.8, 4) is 17.2 Å². The Kier molecular flexibility index (Phi) is 4.88. The Bertz CT molecular complexity index is 397. The molecule has 0 N–H and O–H groups in total. The van der Waals surface area contributed by atoms with Crippen LogP contribution in [-0.2, 0) is 0 Å². The van der Waals surface area contributed by atoms with E-state index < -0.39 is 0 Å². The Balaban J connectivity index is 3.25. The summed E-state index contributed by atoms with van der Waals surface area (Å²) in [5.41, 5.74) is 1.89. The van der Waals surface area contributed by atoms with Gasteiger partial charge in [0.1, 0.15) is 5.75 Å². The highest BCUT2D eigenvalue weighted by Crippen LogP contribution is 2.37. The lowest BCUT2D eigenvalue weighted by Gasteiger charge is -2.15. The van der Waals surface area contributed by atoms with Crippen molar-refractivity contribution >= 4 is 5.57 Å². The van der Waals surface area contributed by atoms with Gasteiger partial charge in [0.25, 0.3) is 0 Å². The Morgan fingerprint density at radius 2 is 1.65 bits per heavy atom. The predicted octanol–water partition coefficient (Wildman–Crippen LogP) is 3.53.